The first-order valence-electron chi connectivity index (χ1n) is 9.23. The van der Waals surface area contributed by atoms with Crippen LogP contribution in [0.15, 0.2) is 53.2 Å². The number of nitrogens with zero attached hydrogens (tertiary/aromatic N) is 2. The van der Waals surface area contributed by atoms with Crippen molar-refractivity contribution in [1.29, 1.82) is 0 Å². The van der Waals surface area contributed by atoms with E-state index in [1.807, 2.05) is 6.92 Å². The SMILES string of the molecule is C=CCOC(=O)C1=C(C)N=C2S[C@H](CC)C(=O)N2[C@H]1c1ccc(OC(C)=O)cc1. The van der Waals surface area contributed by atoms with Gasteiger partial charge in [0.1, 0.15) is 12.4 Å². The predicted molar refractivity (Wildman–Crippen MR) is 110 cm³/mol. The van der Waals surface area contributed by atoms with Crippen LogP contribution in [-0.4, -0.2) is 39.8 Å². The number of amidine groups is 1. The van der Waals surface area contributed by atoms with Crippen molar-refractivity contribution in [1.82, 2.24) is 4.90 Å². The van der Waals surface area contributed by atoms with Crippen molar-refractivity contribution >= 4 is 34.8 Å². The molecule has 2 atom stereocenters. The van der Waals surface area contributed by atoms with E-state index in [0.717, 1.165) is 0 Å². The fourth-order valence-corrected chi connectivity index (χ4v) is 4.40. The van der Waals surface area contributed by atoms with Crippen molar-refractivity contribution in [2.75, 3.05) is 6.61 Å². The molecule has 1 aromatic rings. The van der Waals surface area contributed by atoms with E-state index < -0.39 is 18.0 Å². The van der Waals surface area contributed by atoms with Crippen molar-refractivity contribution in [3.8, 4) is 5.75 Å². The van der Waals surface area contributed by atoms with Gasteiger partial charge in [-0.05, 0) is 31.0 Å². The lowest BCUT2D eigenvalue weighted by molar-refractivity contribution is -0.139. The Labute approximate surface area is 173 Å². The van der Waals surface area contributed by atoms with Crippen LogP contribution in [0.4, 0.5) is 0 Å². The molecule has 1 aromatic carbocycles. The first-order valence-corrected chi connectivity index (χ1v) is 10.1. The average Bonchev–Trinajstić information content (AvgIpc) is 3.00. The van der Waals surface area contributed by atoms with Gasteiger partial charge in [-0.25, -0.2) is 9.79 Å². The maximum atomic E-state index is 13.0. The van der Waals surface area contributed by atoms with Crippen molar-refractivity contribution in [3.05, 3.63) is 53.8 Å². The van der Waals surface area contributed by atoms with Crippen LogP contribution in [0.5, 0.6) is 5.75 Å². The molecule has 152 valence electrons. The van der Waals surface area contributed by atoms with Gasteiger partial charge in [-0.2, -0.15) is 0 Å². The summed E-state index contributed by atoms with van der Waals surface area (Å²) in [6, 6.07) is 6.07. The van der Waals surface area contributed by atoms with Crippen molar-refractivity contribution in [3.63, 3.8) is 0 Å². The van der Waals surface area contributed by atoms with Crippen LogP contribution in [0, 0.1) is 0 Å². The molecule has 1 saturated heterocycles. The minimum Gasteiger partial charge on any atom is -0.458 e. The summed E-state index contributed by atoms with van der Waals surface area (Å²) in [5.41, 5.74) is 1.52. The summed E-state index contributed by atoms with van der Waals surface area (Å²) < 4.78 is 10.4. The highest BCUT2D eigenvalue weighted by molar-refractivity contribution is 8.15. The maximum absolute atomic E-state index is 13.0. The molecule has 1 amide bonds. The zero-order valence-corrected chi connectivity index (χ0v) is 17.3. The Morgan fingerprint density at radius 3 is 2.59 bits per heavy atom. The molecular weight excluding hydrogens is 392 g/mol. The second kappa shape index (κ2) is 8.65. The topological polar surface area (TPSA) is 85.3 Å². The van der Waals surface area contributed by atoms with Gasteiger partial charge in [0.2, 0.25) is 5.91 Å². The van der Waals surface area contributed by atoms with E-state index in [-0.39, 0.29) is 17.8 Å². The summed E-state index contributed by atoms with van der Waals surface area (Å²) in [4.78, 5) is 43.1. The van der Waals surface area contributed by atoms with Crippen LogP contribution in [0.1, 0.15) is 38.8 Å². The first kappa shape index (κ1) is 20.9. The number of hydrogen-bond donors (Lipinski definition) is 0. The van der Waals surface area contributed by atoms with E-state index in [1.165, 1.54) is 24.8 Å². The summed E-state index contributed by atoms with van der Waals surface area (Å²) in [6.45, 7) is 8.62. The number of fused-ring (bicyclic) bond motifs is 1. The van der Waals surface area contributed by atoms with Crippen LogP contribution < -0.4 is 4.74 Å². The van der Waals surface area contributed by atoms with Crippen LogP contribution in [-0.2, 0) is 19.1 Å². The van der Waals surface area contributed by atoms with Crippen molar-refractivity contribution < 1.29 is 23.9 Å². The van der Waals surface area contributed by atoms with Gasteiger partial charge in [-0.3, -0.25) is 14.5 Å². The Kier molecular flexibility index (Phi) is 6.22. The van der Waals surface area contributed by atoms with Crippen LogP contribution >= 0.6 is 11.8 Å². The van der Waals surface area contributed by atoms with Gasteiger partial charge < -0.3 is 9.47 Å². The number of amides is 1. The predicted octanol–water partition coefficient (Wildman–Crippen LogP) is 3.38. The van der Waals surface area contributed by atoms with Gasteiger partial charge in [0, 0.05) is 6.92 Å². The molecule has 0 unspecified atom stereocenters. The van der Waals surface area contributed by atoms with Crippen LogP contribution in [0.2, 0.25) is 0 Å². The second-order valence-electron chi connectivity index (χ2n) is 6.57. The number of carbonyl (C=O) groups is 3. The molecule has 1 fully saturated rings. The van der Waals surface area contributed by atoms with Gasteiger partial charge in [0.25, 0.3) is 0 Å². The standard InChI is InChI=1S/C21H22N2O5S/c1-5-11-27-20(26)17-12(3)22-21-23(19(25)16(6-2)29-21)18(17)14-7-9-15(10-8-14)28-13(4)24/h5,7-10,16,18H,1,6,11H2,2-4H3/t16-,18+/m1/s1. The molecule has 3 rings (SSSR count). The van der Waals surface area contributed by atoms with Crippen LogP contribution in [0.3, 0.4) is 0 Å². The number of hydrogen-bond acceptors (Lipinski definition) is 7. The zero-order valence-electron chi connectivity index (χ0n) is 16.5. The number of rotatable bonds is 6. The smallest absolute Gasteiger partial charge is 0.338 e. The molecule has 0 radical (unpaired) electrons. The van der Waals surface area contributed by atoms with E-state index >= 15 is 0 Å². The molecule has 0 aliphatic carbocycles. The first-order chi connectivity index (χ1) is 13.9. The van der Waals surface area contributed by atoms with E-state index in [2.05, 4.69) is 11.6 Å². The molecule has 29 heavy (non-hydrogen) atoms. The summed E-state index contributed by atoms with van der Waals surface area (Å²) in [6.07, 6.45) is 2.14. The van der Waals surface area contributed by atoms with Gasteiger partial charge in [0.15, 0.2) is 5.17 Å². The van der Waals surface area contributed by atoms with Crippen molar-refractivity contribution in [2.45, 2.75) is 38.5 Å². The minimum absolute atomic E-state index is 0.0601. The molecule has 0 saturated carbocycles. The number of ether oxygens (including phenoxy) is 2. The molecule has 0 spiro atoms. The molecule has 2 aliphatic heterocycles. The molecule has 7 nitrogen and oxygen atoms in total. The Bertz CT molecular complexity index is 920. The highest BCUT2D eigenvalue weighted by Crippen LogP contribution is 2.44. The Balaban J connectivity index is 2.05. The molecule has 2 heterocycles. The number of benzene rings is 1. The quantitative estimate of drug-likeness (QED) is 0.403. The fourth-order valence-electron chi connectivity index (χ4n) is 3.26. The highest BCUT2D eigenvalue weighted by Gasteiger charge is 2.47. The number of allylic oxidation sites excluding steroid dienone is 1. The molecule has 8 heteroatoms. The summed E-state index contributed by atoms with van der Waals surface area (Å²) >= 11 is 1.40. The fraction of sp³-hybridized carbons (Fsp3) is 0.333. The number of thioether (sulfide) groups is 1. The van der Waals surface area contributed by atoms with Gasteiger partial charge in [0.05, 0.1) is 22.6 Å². The Morgan fingerprint density at radius 2 is 2.00 bits per heavy atom. The van der Waals surface area contributed by atoms with Gasteiger partial charge in [-0.1, -0.05) is 43.5 Å². The maximum Gasteiger partial charge on any atom is 0.338 e. The number of carbonyl (C=O) groups excluding carboxylic acids is 3. The average molecular weight is 414 g/mol. The monoisotopic (exact) mass is 414 g/mol. The molecule has 0 N–H and O–H groups in total. The largest absolute Gasteiger partial charge is 0.458 e. The third-order valence-electron chi connectivity index (χ3n) is 4.53. The second-order valence-corrected chi connectivity index (χ2v) is 7.74. The molecule has 0 bridgehead atoms. The highest BCUT2D eigenvalue weighted by atomic mass is 32.2. The third-order valence-corrected chi connectivity index (χ3v) is 5.85. The van der Waals surface area contributed by atoms with Crippen molar-refractivity contribution in [2.24, 2.45) is 4.99 Å². The summed E-state index contributed by atoms with van der Waals surface area (Å²) in [5, 5.41) is 0.335. The van der Waals surface area contributed by atoms with E-state index in [9.17, 15) is 14.4 Å². The van der Waals surface area contributed by atoms with Crippen LogP contribution in [0.25, 0.3) is 0 Å². The number of aliphatic imine (C=N–C) groups is 1. The van der Waals surface area contributed by atoms with Gasteiger partial charge >= 0.3 is 11.9 Å². The number of esters is 2. The summed E-state index contributed by atoms with van der Waals surface area (Å²) in [7, 11) is 0. The van der Waals surface area contributed by atoms with Gasteiger partial charge in [-0.15, -0.1) is 0 Å². The lowest BCUT2D eigenvalue weighted by Gasteiger charge is -2.33. The lowest BCUT2D eigenvalue weighted by Crippen LogP contribution is -2.40. The zero-order chi connectivity index (χ0) is 21.1. The summed E-state index contributed by atoms with van der Waals surface area (Å²) in [5.74, 6) is -0.675. The Hall–Kier alpha value is -2.87. The lowest BCUT2D eigenvalue weighted by atomic mass is 9.94. The minimum atomic E-state index is -0.664. The molecule has 2 aliphatic rings. The Morgan fingerprint density at radius 1 is 1.31 bits per heavy atom. The normalized spacial score (nSPS) is 20.9. The third kappa shape index (κ3) is 4.12. The molecular formula is C21H22N2O5S. The van der Waals surface area contributed by atoms with E-state index in [0.29, 0.717) is 34.2 Å². The van der Waals surface area contributed by atoms with E-state index in [1.54, 1.807) is 36.1 Å². The van der Waals surface area contributed by atoms with E-state index in [4.69, 9.17) is 9.47 Å². The molecule has 0 aromatic heterocycles.